The van der Waals surface area contributed by atoms with E-state index < -0.39 is 0 Å². The van der Waals surface area contributed by atoms with Gasteiger partial charge in [0.25, 0.3) is 0 Å². The van der Waals surface area contributed by atoms with E-state index >= 15 is 0 Å². The third-order valence-corrected chi connectivity index (χ3v) is 3.39. The summed E-state index contributed by atoms with van der Waals surface area (Å²) in [6.07, 6.45) is 0.777. The first kappa shape index (κ1) is 16.4. The minimum Gasteiger partial charge on any atom is -0.486 e. The Labute approximate surface area is 144 Å². The molecule has 1 aromatic heterocycles. The minimum atomic E-state index is 0.111. The van der Waals surface area contributed by atoms with Crippen LogP contribution in [-0.2, 0) is 6.61 Å². The second-order valence-corrected chi connectivity index (χ2v) is 5.40. The average molecular weight is 335 g/mol. The summed E-state index contributed by atoms with van der Waals surface area (Å²) in [4.78, 5) is 23.1. The number of nitrogen functional groups attached to an aromatic ring is 1. The van der Waals surface area contributed by atoms with Crippen LogP contribution in [0.3, 0.4) is 0 Å². The molecule has 25 heavy (non-hydrogen) atoms. The Morgan fingerprint density at radius 3 is 2.44 bits per heavy atom. The zero-order valence-electron chi connectivity index (χ0n) is 13.6. The van der Waals surface area contributed by atoms with Crippen LogP contribution in [0.1, 0.15) is 21.7 Å². The molecular weight excluding hydrogens is 318 g/mol. The Balaban J connectivity index is 1.69. The number of aldehydes is 1. The van der Waals surface area contributed by atoms with Crippen LogP contribution in [-0.4, -0.2) is 21.2 Å². The predicted molar refractivity (Wildman–Crippen MR) is 94.9 cm³/mol. The molecule has 0 unspecified atom stereocenters. The smallest absolute Gasteiger partial charge is 0.232 e. The largest absolute Gasteiger partial charge is 0.486 e. The number of nitrogens with one attached hydrogen (secondary N) is 1. The molecule has 0 amide bonds. The highest BCUT2D eigenvalue weighted by molar-refractivity contribution is 5.74. The second-order valence-electron chi connectivity index (χ2n) is 5.40. The first-order chi connectivity index (χ1) is 12.1. The highest BCUT2D eigenvalue weighted by Gasteiger charge is 2.06. The van der Waals surface area contributed by atoms with Crippen molar-refractivity contribution in [2.75, 3.05) is 11.1 Å². The van der Waals surface area contributed by atoms with Gasteiger partial charge in [0.2, 0.25) is 11.9 Å². The van der Waals surface area contributed by atoms with Crippen molar-refractivity contribution in [3.63, 3.8) is 0 Å². The molecule has 0 aliphatic rings. The number of rotatable bonds is 6. The predicted octanol–water partition coefficient (Wildman–Crippen LogP) is 2.90. The maximum Gasteiger partial charge on any atom is 0.232 e. The van der Waals surface area contributed by atoms with Gasteiger partial charge in [0.1, 0.15) is 18.6 Å². The topological polar surface area (TPSA) is 103 Å². The Morgan fingerprint density at radius 1 is 1.04 bits per heavy atom. The Kier molecular flexibility index (Phi) is 4.84. The summed E-state index contributed by atoms with van der Waals surface area (Å²) < 4.78 is 5.62. The number of nitrogens with two attached hydrogens (primary N) is 1. The lowest BCUT2D eigenvalue weighted by molar-refractivity contribution is 0.112. The quantitative estimate of drug-likeness (QED) is 0.668. The maximum absolute atomic E-state index is 10.7. The van der Waals surface area contributed by atoms with Gasteiger partial charge in [-0.1, -0.05) is 17.7 Å². The molecule has 0 aliphatic carbocycles. The van der Waals surface area contributed by atoms with E-state index in [-0.39, 0.29) is 12.6 Å². The van der Waals surface area contributed by atoms with Gasteiger partial charge in [0.05, 0.1) is 0 Å². The van der Waals surface area contributed by atoms with E-state index in [4.69, 9.17) is 10.5 Å². The zero-order chi connectivity index (χ0) is 17.6. The van der Waals surface area contributed by atoms with Gasteiger partial charge in [0.15, 0.2) is 5.82 Å². The lowest BCUT2D eigenvalue weighted by atomic mass is 10.2. The molecule has 3 rings (SSSR count). The standard InChI is InChI=1S/C18H17N5O2/c1-12-2-6-14(7-3-12)20-18-22-16(21-17(19)23-18)11-25-15-8-4-13(10-24)5-9-15/h2-10H,11H2,1H3,(H3,19,20,21,22,23). The Hall–Kier alpha value is -3.48. The van der Waals surface area contributed by atoms with Crippen molar-refractivity contribution in [2.24, 2.45) is 0 Å². The first-order valence-corrected chi connectivity index (χ1v) is 7.64. The normalized spacial score (nSPS) is 10.3. The number of hydrogen-bond donors (Lipinski definition) is 2. The molecule has 3 N–H and O–H groups in total. The summed E-state index contributed by atoms with van der Waals surface area (Å²) in [6, 6.07) is 14.6. The average Bonchev–Trinajstić information content (AvgIpc) is 2.62. The molecule has 0 saturated heterocycles. The molecule has 3 aromatic rings. The maximum atomic E-state index is 10.7. The van der Waals surface area contributed by atoms with Crippen molar-refractivity contribution < 1.29 is 9.53 Å². The molecule has 0 spiro atoms. The summed E-state index contributed by atoms with van der Waals surface area (Å²) in [6.45, 7) is 2.15. The molecule has 2 aromatic carbocycles. The SMILES string of the molecule is Cc1ccc(Nc2nc(N)nc(COc3ccc(C=O)cc3)n2)cc1. The Bertz CT molecular complexity index is 864. The number of carbonyl (C=O) groups is 1. The number of benzene rings is 2. The number of aryl methyl sites for hydroxylation is 1. The summed E-state index contributed by atoms with van der Waals surface area (Å²) in [5, 5.41) is 3.09. The van der Waals surface area contributed by atoms with Crippen molar-refractivity contribution in [1.29, 1.82) is 0 Å². The lowest BCUT2D eigenvalue weighted by Crippen LogP contribution is -2.09. The molecule has 0 bridgehead atoms. The second kappa shape index (κ2) is 7.39. The number of carbonyl (C=O) groups excluding carboxylic acids is 1. The van der Waals surface area contributed by atoms with E-state index in [0.29, 0.717) is 23.1 Å². The fraction of sp³-hybridized carbons (Fsp3) is 0.111. The van der Waals surface area contributed by atoms with Crippen molar-refractivity contribution in [1.82, 2.24) is 15.0 Å². The molecule has 126 valence electrons. The zero-order valence-corrected chi connectivity index (χ0v) is 13.6. The number of hydrogen-bond acceptors (Lipinski definition) is 7. The fourth-order valence-electron chi connectivity index (χ4n) is 2.11. The van der Waals surface area contributed by atoms with Crippen LogP contribution in [0.15, 0.2) is 48.5 Å². The van der Waals surface area contributed by atoms with Gasteiger partial charge in [0, 0.05) is 11.3 Å². The van der Waals surface area contributed by atoms with Gasteiger partial charge < -0.3 is 15.8 Å². The summed E-state index contributed by atoms with van der Waals surface area (Å²) >= 11 is 0. The van der Waals surface area contributed by atoms with Crippen LogP contribution in [0, 0.1) is 6.92 Å². The molecule has 0 radical (unpaired) electrons. The fourth-order valence-corrected chi connectivity index (χ4v) is 2.11. The highest BCUT2D eigenvalue weighted by atomic mass is 16.5. The number of ether oxygens (including phenoxy) is 1. The van der Waals surface area contributed by atoms with E-state index in [1.807, 2.05) is 31.2 Å². The lowest BCUT2D eigenvalue weighted by Gasteiger charge is -2.09. The van der Waals surface area contributed by atoms with Crippen molar-refractivity contribution >= 4 is 23.9 Å². The van der Waals surface area contributed by atoms with Gasteiger partial charge in [-0.3, -0.25) is 4.79 Å². The van der Waals surface area contributed by atoms with Crippen LogP contribution in [0.5, 0.6) is 5.75 Å². The van der Waals surface area contributed by atoms with Crippen molar-refractivity contribution in [3.05, 3.63) is 65.5 Å². The monoisotopic (exact) mass is 335 g/mol. The third-order valence-electron chi connectivity index (χ3n) is 3.39. The van der Waals surface area contributed by atoms with E-state index in [1.165, 1.54) is 0 Å². The molecule has 0 atom stereocenters. The summed E-state index contributed by atoms with van der Waals surface area (Å²) in [5.41, 5.74) is 8.35. The molecule has 1 heterocycles. The summed E-state index contributed by atoms with van der Waals surface area (Å²) in [7, 11) is 0. The van der Waals surface area contributed by atoms with E-state index in [2.05, 4.69) is 20.3 Å². The molecule has 7 heteroatoms. The number of nitrogens with zero attached hydrogens (tertiary/aromatic N) is 3. The highest BCUT2D eigenvalue weighted by Crippen LogP contribution is 2.16. The molecular formula is C18H17N5O2. The number of aromatic nitrogens is 3. The van der Waals surface area contributed by atoms with Crippen molar-refractivity contribution in [2.45, 2.75) is 13.5 Å². The number of anilines is 3. The molecule has 0 aliphatic heterocycles. The van der Waals surface area contributed by atoms with Gasteiger partial charge in [-0.05, 0) is 43.3 Å². The molecule has 0 fully saturated rings. The molecule has 7 nitrogen and oxygen atoms in total. The van der Waals surface area contributed by atoms with E-state index in [0.717, 1.165) is 17.5 Å². The van der Waals surface area contributed by atoms with Gasteiger partial charge >= 0.3 is 0 Å². The van der Waals surface area contributed by atoms with Crippen LogP contribution in [0.4, 0.5) is 17.6 Å². The Morgan fingerprint density at radius 2 is 1.76 bits per heavy atom. The van der Waals surface area contributed by atoms with Gasteiger partial charge in [-0.25, -0.2) is 0 Å². The van der Waals surface area contributed by atoms with Crippen LogP contribution in [0.25, 0.3) is 0 Å². The van der Waals surface area contributed by atoms with Crippen LogP contribution < -0.4 is 15.8 Å². The van der Waals surface area contributed by atoms with Gasteiger partial charge in [-0.15, -0.1) is 0 Å². The van der Waals surface area contributed by atoms with E-state index in [1.54, 1.807) is 24.3 Å². The van der Waals surface area contributed by atoms with Crippen molar-refractivity contribution in [3.8, 4) is 5.75 Å². The van der Waals surface area contributed by atoms with Crippen LogP contribution >= 0.6 is 0 Å². The minimum absolute atomic E-state index is 0.111. The molecule has 0 saturated carbocycles. The van der Waals surface area contributed by atoms with E-state index in [9.17, 15) is 4.79 Å². The third kappa shape index (κ3) is 4.51. The van der Waals surface area contributed by atoms with Gasteiger partial charge in [-0.2, -0.15) is 15.0 Å². The summed E-state index contributed by atoms with van der Waals surface area (Å²) in [5.74, 6) is 1.48. The first-order valence-electron chi connectivity index (χ1n) is 7.64. The van der Waals surface area contributed by atoms with Crippen LogP contribution in [0.2, 0.25) is 0 Å².